The van der Waals surface area contributed by atoms with E-state index in [1.807, 2.05) is 11.8 Å². The number of carbonyl (C=O) groups excluding carboxylic acids is 1. The molecule has 0 atom stereocenters. The lowest BCUT2D eigenvalue weighted by Crippen LogP contribution is -2.49. The molecule has 0 radical (unpaired) electrons. The zero-order valence-electron chi connectivity index (χ0n) is 15.7. The summed E-state index contributed by atoms with van der Waals surface area (Å²) in [6.07, 6.45) is 3.12. The second kappa shape index (κ2) is 9.33. The maximum atomic E-state index is 13.0. The smallest absolute Gasteiger partial charge is 0.223 e. The fourth-order valence-corrected chi connectivity index (χ4v) is 3.81. The van der Waals surface area contributed by atoms with E-state index in [1.165, 1.54) is 12.1 Å². The van der Waals surface area contributed by atoms with E-state index in [1.54, 1.807) is 12.1 Å². The van der Waals surface area contributed by atoms with E-state index in [9.17, 15) is 9.18 Å². The summed E-state index contributed by atoms with van der Waals surface area (Å²) in [4.78, 5) is 19.1. The number of anilines is 1. The molecular formula is C20H30FN3O2. The van der Waals surface area contributed by atoms with Crippen LogP contribution in [0, 0.1) is 5.82 Å². The number of piperidine rings is 1. The van der Waals surface area contributed by atoms with Gasteiger partial charge in [-0.1, -0.05) is 0 Å². The van der Waals surface area contributed by atoms with Gasteiger partial charge in [0.1, 0.15) is 5.82 Å². The Labute approximate surface area is 155 Å². The van der Waals surface area contributed by atoms with Gasteiger partial charge in [-0.05, 0) is 44.0 Å². The van der Waals surface area contributed by atoms with E-state index in [0.29, 0.717) is 12.5 Å². The van der Waals surface area contributed by atoms with Gasteiger partial charge < -0.3 is 19.4 Å². The van der Waals surface area contributed by atoms with Crippen molar-refractivity contribution in [2.75, 3.05) is 57.3 Å². The van der Waals surface area contributed by atoms with E-state index < -0.39 is 0 Å². The molecule has 2 aliphatic heterocycles. The Hall–Kier alpha value is -1.66. The molecule has 0 aliphatic carbocycles. The van der Waals surface area contributed by atoms with E-state index >= 15 is 0 Å². The van der Waals surface area contributed by atoms with Gasteiger partial charge in [-0.15, -0.1) is 0 Å². The van der Waals surface area contributed by atoms with Crippen molar-refractivity contribution < 1.29 is 13.9 Å². The fraction of sp³-hybridized carbons (Fsp3) is 0.650. The molecule has 0 aromatic heterocycles. The molecule has 0 unspecified atom stereocenters. The molecule has 0 bridgehead atoms. The summed E-state index contributed by atoms with van der Waals surface area (Å²) in [5, 5.41) is 0. The number of halogens is 1. The van der Waals surface area contributed by atoms with Gasteiger partial charge >= 0.3 is 0 Å². The minimum atomic E-state index is -0.215. The highest BCUT2D eigenvalue weighted by molar-refractivity contribution is 5.76. The Balaban J connectivity index is 1.37. The summed E-state index contributed by atoms with van der Waals surface area (Å²) in [5.74, 6) is 0.0311. The Morgan fingerprint density at radius 2 is 1.73 bits per heavy atom. The first-order chi connectivity index (χ1) is 12.7. The van der Waals surface area contributed by atoms with Gasteiger partial charge in [-0.3, -0.25) is 4.79 Å². The number of ether oxygens (including phenoxy) is 1. The Morgan fingerprint density at radius 3 is 2.35 bits per heavy atom. The summed E-state index contributed by atoms with van der Waals surface area (Å²) >= 11 is 0. The highest BCUT2D eigenvalue weighted by atomic mass is 19.1. The van der Waals surface area contributed by atoms with Gasteiger partial charge in [0.05, 0.1) is 6.10 Å². The maximum absolute atomic E-state index is 13.0. The van der Waals surface area contributed by atoms with Gasteiger partial charge in [0.15, 0.2) is 0 Å². The highest BCUT2D eigenvalue weighted by Crippen LogP contribution is 2.18. The number of likely N-dealkylation sites (tertiary alicyclic amines) is 1. The van der Waals surface area contributed by atoms with Gasteiger partial charge in [0, 0.05) is 64.5 Å². The van der Waals surface area contributed by atoms with Gasteiger partial charge in [-0.25, -0.2) is 4.39 Å². The molecule has 2 fully saturated rings. The van der Waals surface area contributed by atoms with E-state index in [4.69, 9.17) is 4.74 Å². The van der Waals surface area contributed by atoms with Crippen LogP contribution in [0.15, 0.2) is 24.3 Å². The first-order valence-electron chi connectivity index (χ1n) is 9.78. The van der Waals surface area contributed by atoms with Crippen molar-refractivity contribution in [3.8, 4) is 0 Å². The van der Waals surface area contributed by atoms with Crippen molar-refractivity contribution in [1.29, 1.82) is 0 Å². The first kappa shape index (κ1) is 19.1. The Morgan fingerprint density at radius 1 is 1.08 bits per heavy atom. The van der Waals surface area contributed by atoms with Crippen LogP contribution < -0.4 is 4.90 Å². The number of rotatable bonds is 6. The van der Waals surface area contributed by atoms with Crippen LogP contribution in [0.2, 0.25) is 0 Å². The molecule has 2 heterocycles. The van der Waals surface area contributed by atoms with Crippen molar-refractivity contribution in [2.24, 2.45) is 0 Å². The van der Waals surface area contributed by atoms with Gasteiger partial charge in [0.25, 0.3) is 0 Å². The lowest BCUT2D eigenvalue weighted by Gasteiger charge is -2.37. The second-order valence-electron chi connectivity index (χ2n) is 7.09. The molecule has 1 aromatic carbocycles. The largest absolute Gasteiger partial charge is 0.378 e. The molecule has 0 N–H and O–H groups in total. The Kier molecular flexibility index (Phi) is 6.86. The number of hydrogen-bond donors (Lipinski definition) is 0. The van der Waals surface area contributed by atoms with Crippen LogP contribution in [-0.4, -0.2) is 74.2 Å². The lowest BCUT2D eigenvalue weighted by atomic mass is 10.1. The lowest BCUT2D eigenvalue weighted by molar-refractivity contribution is -0.132. The number of benzene rings is 1. The molecule has 0 spiro atoms. The molecular weight excluding hydrogens is 333 g/mol. The summed E-state index contributed by atoms with van der Waals surface area (Å²) in [6, 6.07) is 6.58. The number of piperazine rings is 1. The average Bonchev–Trinajstić information content (AvgIpc) is 2.68. The number of nitrogens with zero attached hydrogens (tertiary/aromatic N) is 3. The van der Waals surface area contributed by atoms with Gasteiger partial charge in [0.2, 0.25) is 5.91 Å². The molecule has 2 aliphatic rings. The predicted molar refractivity (Wildman–Crippen MR) is 101 cm³/mol. The zero-order chi connectivity index (χ0) is 18.4. The average molecular weight is 363 g/mol. The molecule has 3 rings (SSSR count). The van der Waals surface area contributed by atoms with Crippen LogP contribution in [0.25, 0.3) is 0 Å². The fourth-order valence-electron chi connectivity index (χ4n) is 3.81. The van der Waals surface area contributed by atoms with Crippen LogP contribution in [0.4, 0.5) is 10.1 Å². The summed E-state index contributed by atoms with van der Waals surface area (Å²) in [5.41, 5.74) is 1.02. The summed E-state index contributed by atoms with van der Waals surface area (Å²) in [6.45, 7) is 8.80. The number of hydrogen-bond acceptors (Lipinski definition) is 4. The third-order valence-corrected chi connectivity index (χ3v) is 5.40. The van der Waals surface area contributed by atoms with E-state index in [-0.39, 0.29) is 11.7 Å². The van der Waals surface area contributed by atoms with Crippen molar-refractivity contribution >= 4 is 11.6 Å². The SMILES string of the molecule is CCOC1CCN(CCC(=O)N2CCN(c3ccc(F)cc3)CC2)CC1. The number of amides is 1. The van der Waals surface area contributed by atoms with Crippen molar-refractivity contribution in [1.82, 2.24) is 9.80 Å². The van der Waals surface area contributed by atoms with Crippen LogP contribution in [-0.2, 0) is 9.53 Å². The monoisotopic (exact) mass is 363 g/mol. The van der Waals surface area contributed by atoms with Crippen molar-refractivity contribution in [2.45, 2.75) is 32.3 Å². The van der Waals surface area contributed by atoms with E-state index in [2.05, 4.69) is 9.80 Å². The predicted octanol–water partition coefficient (Wildman–Crippen LogP) is 2.37. The molecule has 1 amide bonds. The molecule has 6 heteroatoms. The summed E-state index contributed by atoms with van der Waals surface area (Å²) in [7, 11) is 0. The minimum Gasteiger partial charge on any atom is -0.378 e. The molecule has 5 nitrogen and oxygen atoms in total. The standard InChI is InChI=1S/C20H30FN3O2/c1-2-26-19-7-10-22(11-8-19)12-9-20(25)24-15-13-23(14-16-24)18-5-3-17(21)4-6-18/h3-6,19H,2,7-16H2,1H3. The molecule has 2 saturated heterocycles. The van der Waals surface area contributed by atoms with Crippen molar-refractivity contribution in [3.05, 3.63) is 30.1 Å². The quantitative estimate of drug-likeness (QED) is 0.777. The molecule has 144 valence electrons. The van der Waals surface area contributed by atoms with Gasteiger partial charge in [-0.2, -0.15) is 0 Å². The third kappa shape index (κ3) is 5.17. The van der Waals surface area contributed by atoms with E-state index in [0.717, 1.165) is 70.9 Å². The first-order valence-corrected chi connectivity index (χ1v) is 9.78. The second-order valence-corrected chi connectivity index (χ2v) is 7.09. The van der Waals surface area contributed by atoms with Crippen molar-refractivity contribution in [3.63, 3.8) is 0 Å². The number of carbonyl (C=O) groups is 1. The van der Waals surface area contributed by atoms with Crippen LogP contribution >= 0.6 is 0 Å². The van der Waals surface area contributed by atoms with Crippen LogP contribution in [0.3, 0.4) is 0 Å². The topological polar surface area (TPSA) is 36.0 Å². The molecule has 0 saturated carbocycles. The Bertz CT molecular complexity index is 565. The zero-order valence-corrected chi connectivity index (χ0v) is 15.7. The molecule has 26 heavy (non-hydrogen) atoms. The maximum Gasteiger partial charge on any atom is 0.223 e. The highest BCUT2D eigenvalue weighted by Gasteiger charge is 2.23. The normalized spacial score (nSPS) is 19.8. The van der Waals surface area contributed by atoms with Crippen LogP contribution in [0.1, 0.15) is 26.2 Å². The molecule has 1 aromatic rings. The minimum absolute atomic E-state index is 0.215. The summed E-state index contributed by atoms with van der Waals surface area (Å²) < 4.78 is 18.7. The van der Waals surface area contributed by atoms with Crippen LogP contribution in [0.5, 0.6) is 0 Å². The third-order valence-electron chi connectivity index (χ3n) is 5.40.